The summed E-state index contributed by atoms with van der Waals surface area (Å²) >= 11 is 0. The summed E-state index contributed by atoms with van der Waals surface area (Å²) in [4.78, 5) is 12.9. The van der Waals surface area contributed by atoms with Gasteiger partial charge in [-0.1, -0.05) is 17.7 Å². The van der Waals surface area contributed by atoms with Gasteiger partial charge in [0.2, 0.25) is 0 Å². The van der Waals surface area contributed by atoms with Crippen molar-refractivity contribution in [1.29, 1.82) is 0 Å². The first-order valence-corrected chi connectivity index (χ1v) is 4.56. The zero-order valence-electron chi connectivity index (χ0n) is 9.09. The summed E-state index contributed by atoms with van der Waals surface area (Å²) in [5, 5.41) is 2.82. The molecule has 76 valence electrons. The van der Waals surface area contributed by atoms with Gasteiger partial charge < -0.3 is 10.2 Å². The zero-order chi connectivity index (χ0) is 10.7. The molecule has 0 saturated carbocycles. The molecular formula is C11H16N2O. The number of carbonyl (C=O) groups is 1. The molecule has 1 rings (SSSR count). The number of amides is 2. The highest BCUT2D eigenvalue weighted by atomic mass is 16.2. The molecule has 2 amide bonds. The SMILES string of the molecule is Cc1ccc(NC(=O)N(C)C)c(C)c1. The summed E-state index contributed by atoms with van der Waals surface area (Å²) < 4.78 is 0. The Morgan fingerprint density at radius 3 is 2.43 bits per heavy atom. The second kappa shape index (κ2) is 4.13. The van der Waals surface area contributed by atoms with Crippen LogP contribution in [0.2, 0.25) is 0 Å². The predicted molar refractivity (Wildman–Crippen MR) is 58.6 cm³/mol. The quantitative estimate of drug-likeness (QED) is 0.728. The molecule has 0 atom stereocenters. The molecule has 3 nitrogen and oxygen atoms in total. The van der Waals surface area contributed by atoms with Gasteiger partial charge in [-0.05, 0) is 25.5 Å². The van der Waals surface area contributed by atoms with E-state index in [-0.39, 0.29) is 6.03 Å². The molecule has 0 saturated heterocycles. The van der Waals surface area contributed by atoms with Crippen molar-refractivity contribution < 1.29 is 4.79 Å². The van der Waals surface area contributed by atoms with E-state index in [2.05, 4.69) is 5.32 Å². The second-order valence-corrected chi connectivity index (χ2v) is 3.64. The minimum Gasteiger partial charge on any atom is -0.331 e. The first-order chi connectivity index (χ1) is 6.50. The van der Waals surface area contributed by atoms with E-state index in [0.29, 0.717) is 0 Å². The van der Waals surface area contributed by atoms with E-state index in [9.17, 15) is 4.79 Å². The first kappa shape index (κ1) is 10.6. The largest absolute Gasteiger partial charge is 0.331 e. The van der Waals surface area contributed by atoms with Crippen molar-refractivity contribution in [3.63, 3.8) is 0 Å². The lowest BCUT2D eigenvalue weighted by Crippen LogP contribution is -2.27. The topological polar surface area (TPSA) is 32.3 Å². The van der Waals surface area contributed by atoms with Gasteiger partial charge in [-0.2, -0.15) is 0 Å². The van der Waals surface area contributed by atoms with Crippen LogP contribution in [-0.4, -0.2) is 25.0 Å². The fraction of sp³-hybridized carbons (Fsp3) is 0.364. The number of hydrogen-bond donors (Lipinski definition) is 1. The fourth-order valence-corrected chi connectivity index (χ4v) is 1.18. The van der Waals surface area contributed by atoms with Crippen LogP contribution in [0.1, 0.15) is 11.1 Å². The lowest BCUT2D eigenvalue weighted by atomic mass is 10.1. The fourth-order valence-electron chi connectivity index (χ4n) is 1.18. The zero-order valence-corrected chi connectivity index (χ0v) is 9.09. The van der Waals surface area contributed by atoms with Crippen molar-refractivity contribution in [3.8, 4) is 0 Å². The number of hydrogen-bond acceptors (Lipinski definition) is 1. The summed E-state index contributed by atoms with van der Waals surface area (Å²) in [6.45, 7) is 4.02. The van der Waals surface area contributed by atoms with Crippen LogP contribution < -0.4 is 5.32 Å². The van der Waals surface area contributed by atoms with Gasteiger partial charge in [-0.3, -0.25) is 0 Å². The number of nitrogens with zero attached hydrogens (tertiary/aromatic N) is 1. The maximum absolute atomic E-state index is 11.4. The van der Waals surface area contributed by atoms with Gasteiger partial charge in [0.05, 0.1) is 0 Å². The number of nitrogens with one attached hydrogen (secondary N) is 1. The van der Waals surface area contributed by atoms with E-state index in [1.54, 1.807) is 14.1 Å². The molecule has 0 heterocycles. The maximum atomic E-state index is 11.4. The van der Waals surface area contributed by atoms with Gasteiger partial charge in [-0.25, -0.2) is 4.79 Å². The van der Waals surface area contributed by atoms with E-state index < -0.39 is 0 Å². The number of aryl methyl sites for hydroxylation is 2. The maximum Gasteiger partial charge on any atom is 0.321 e. The Hall–Kier alpha value is -1.51. The summed E-state index contributed by atoms with van der Waals surface area (Å²) in [6.07, 6.45) is 0. The number of anilines is 1. The minimum atomic E-state index is -0.100. The van der Waals surface area contributed by atoms with Crippen LogP contribution in [0.4, 0.5) is 10.5 Å². The van der Waals surface area contributed by atoms with Crippen LogP contribution in [-0.2, 0) is 0 Å². The first-order valence-electron chi connectivity index (χ1n) is 4.56. The molecule has 1 aromatic rings. The molecule has 0 aromatic heterocycles. The molecule has 0 unspecified atom stereocenters. The van der Waals surface area contributed by atoms with Crippen molar-refractivity contribution >= 4 is 11.7 Å². The highest BCUT2D eigenvalue weighted by Gasteiger charge is 2.05. The molecule has 0 aliphatic rings. The Kier molecular flexibility index (Phi) is 3.12. The summed E-state index contributed by atoms with van der Waals surface area (Å²) in [6, 6.07) is 5.85. The Labute approximate surface area is 84.7 Å². The van der Waals surface area contributed by atoms with Gasteiger partial charge in [0.15, 0.2) is 0 Å². The van der Waals surface area contributed by atoms with E-state index in [0.717, 1.165) is 11.3 Å². The van der Waals surface area contributed by atoms with Gasteiger partial charge >= 0.3 is 6.03 Å². The second-order valence-electron chi connectivity index (χ2n) is 3.64. The van der Waals surface area contributed by atoms with Gasteiger partial charge in [-0.15, -0.1) is 0 Å². The number of urea groups is 1. The average Bonchev–Trinajstić information content (AvgIpc) is 2.09. The molecular weight excluding hydrogens is 176 g/mol. The van der Waals surface area contributed by atoms with Crippen molar-refractivity contribution in [2.75, 3.05) is 19.4 Å². The van der Waals surface area contributed by atoms with Crippen molar-refractivity contribution in [2.24, 2.45) is 0 Å². The van der Waals surface area contributed by atoms with Crippen LogP contribution in [0, 0.1) is 13.8 Å². The third kappa shape index (κ3) is 2.49. The molecule has 14 heavy (non-hydrogen) atoms. The molecule has 3 heteroatoms. The van der Waals surface area contributed by atoms with Crippen molar-refractivity contribution in [2.45, 2.75) is 13.8 Å². The molecule has 0 aliphatic heterocycles. The molecule has 0 bridgehead atoms. The standard InChI is InChI=1S/C11H16N2O/c1-8-5-6-10(9(2)7-8)12-11(14)13(3)4/h5-7H,1-4H3,(H,12,14). The Morgan fingerprint density at radius 2 is 1.93 bits per heavy atom. The molecule has 1 N–H and O–H groups in total. The van der Waals surface area contributed by atoms with Crippen LogP contribution >= 0.6 is 0 Å². The molecule has 1 aromatic carbocycles. The third-order valence-corrected chi connectivity index (χ3v) is 2.03. The summed E-state index contributed by atoms with van der Waals surface area (Å²) in [5.74, 6) is 0. The van der Waals surface area contributed by atoms with E-state index in [4.69, 9.17) is 0 Å². The van der Waals surface area contributed by atoms with Crippen molar-refractivity contribution in [1.82, 2.24) is 4.90 Å². The van der Waals surface area contributed by atoms with Crippen LogP contribution in [0.15, 0.2) is 18.2 Å². The lowest BCUT2D eigenvalue weighted by Gasteiger charge is -2.13. The van der Waals surface area contributed by atoms with Crippen molar-refractivity contribution in [3.05, 3.63) is 29.3 Å². The highest BCUT2D eigenvalue weighted by molar-refractivity contribution is 5.89. The van der Waals surface area contributed by atoms with E-state index in [1.165, 1.54) is 10.5 Å². The Bertz CT molecular complexity index is 345. The van der Waals surface area contributed by atoms with E-state index >= 15 is 0 Å². The number of benzene rings is 1. The number of rotatable bonds is 1. The molecule has 0 fully saturated rings. The minimum absolute atomic E-state index is 0.100. The van der Waals surface area contributed by atoms with Gasteiger partial charge in [0.25, 0.3) is 0 Å². The van der Waals surface area contributed by atoms with Gasteiger partial charge in [0, 0.05) is 19.8 Å². The molecule has 0 radical (unpaired) electrons. The number of carbonyl (C=O) groups excluding carboxylic acids is 1. The third-order valence-electron chi connectivity index (χ3n) is 2.03. The highest BCUT2D eigenvalue weighted by Crippen LogP contribution is 2.15. The van der Waals surface area contributed by atoms with Crippen LogP contribution in [0.5, 0.6) is 0 Å². The summed E-state index contributed by atoms with van der Waals surface area (Å²) in [7, 11) is 3.44. The molecule has 0 aliphatic carbocycles. The lowest BCUT2D eigenvalue weighted by molar-refractivity contribution is 0.230. The average molecular weight is 192 g/mol. The Balaban J connectivity index is 2.82. The monoisotopic (exact) mass is 192 g/mol. The van der Waals surface area contributed by atoms with Crippen LogP contribution in [0.3, 0.4) is 0 Å². The van der Waals surface area contributed by atoms with E-state index in [1.807, 2.05) is 32.0 Å². The normalized spacial score (nSPS) is 9.71. The van der Waals surface area contributed by atoms with Crippen LogP contribution in [0.25, 0.3) is 0 Å². The molecule has 0 spiro atoms. The van der Waals surface area contributed by atoms with Gasteiger partial charge in [0.1, 0.15) is 0 Å². The Morgan fingerprint density at radius 1 is 1.29 bits per heavy atom. The smallest absolute Gasteiger partial charge is 0.321 e. The predicted octanol–water partition coefficient (Wildman–Crippen LogP) is 2.40. The summed E-state index contributed by atoms with van der Waals surface area (Å²) in [5.41, 5.74) is 3.15.